The third-order valence-corrected chi connectivity index (χ3v) is 5.99. The van der Waals surface area contributed by atoms with Crippen molar-refractivity contribution in [1.82, 2.24) is 0 Å². The van der Waals surface area contributed by atoms with E-state index in [2.05, 4.69) is 79.7 Å². The summed E-state index contributed by atoms with van der Waals surface area (Å²) in [4.78, 5) is 0. The van der Waals surface area contributed by atoms with E-state index in [9.17, 15) is 10.2 Å². The molecule has 0 radical (unpaired) electrons. The SMILES string of the molecule is CCCC(CC)(c1ccc(O)c(C(C)(C)C)c1)c1ccc(O)c(C(C)(C)C)c1. The van der Waals surface area contributed by atoms with Crippen LogP contribution >= 0.6 is 0 Å². The quantitative estimate of drug-likeness (QED) is 0.574. The first-order valence-corrected chi connectivity index (χ1v) is 10.5. The highest BCUT2D eigenvalue weighted by molar-refractivity contribution is 5.50. The van der Waals surface area contributed by atoms with E-state index in [1.54, 1.807) is 0 Å². The molecule has 2 aromatic rings. The molecule has 154 valence electrons. The number of benzene rings is 2. The van der Waals surface area contributed by atoms with Crippen LogP contribution < -0.4 is 0 Å². The lowest BCUT2D eigenvalue weighted by atomic mass is 9.67. The van der Waals surface area contributed by atoms with Crippen molar-refractivity contribution in [2.45, 2.75) is 90.9 Å². The second-order valence-electron chi connectivity index (χ2n) is 10.1. The Bertz CT molecular complexity index is 756. The Balaban J connectivity index is 2.77. The van der Waals surface area contributed by atoms with Crippen LogP contribution in [0.5, 0.6) is 11.5 Å². The average molecular weight is 383 g/mol. The molecule has 28 heavy (non-hydrogen) atoms. The predicted octanol–water partition coefficient (Wildman–Crippen LogP) is 7.19. The van der Waals surface area contributed by atoms with Gasteiger partial charge in [0.05, 0.1) is 0 Å². The molecule has 0 aliphatic carbocycles. The van der Waals surface area contributed by atoms with Crippen LogP contribution in [0.3, 0.4) is 0 Å². The van der Waals surface area contributed by atoms with Gasteiger partial charge in [0.15, 0.2) is 0 Å². The summed E-state index contributed by atoms with van der Waals surface area (Å²) in [6, 6.07) is 12.2. The number of phenols is 2. The van der Waals surface area contributed by atoms with Gasteiger partial charge in [-0.1, -0.05) is 86.1 Å². The molecule has 2 rings (SSSR count). The zero-order valence-corrected chi connectivity index (χ0v) is 19.0. The Morgan fingerprint density at radius 2 is 1.07 bits per heavy atom. The minimum atomic E-state index is -0.143. The lowest BCUT2D eigenvalue weighted by Gasteiger charge is -2.36. The molecule has 0 fully saturated rings. The maximum Gasteiger partial charge on any atom is 0.119 e. The molecule has 0 saturated carbocycles. The highest BCUT2D eigenvalue weighted by Gasteiger charge is 2.34. The van der Waals surface area contributed by atoms with Crippen LogP contribution in [0.15, 0.2) is 36.4 Å². The van der Waals surface area contributed by atoms with Crippen LogP contribution in [-0.4, -0.2) is 10.2 Å². The molecule has 0 aliphatic heterocycles. The van der Waals surface area contributed by atoms with Gasteiger partial charge in [0, 0.05) is 5.41 Å². The fourth-order valence-corrected chi connectivity index (χ4v) is 4.34. The Morgan fingerprint density at radius 3 is 1.36 bits per heavy atom. The first-order valence-electron chi connectivity index (χ1n) is 10.5. The molecule has 2 nitrogen and oxygen atoms in total. The fourth-order valence-electron chi connectivity index (χ4n) is 4.34. The van der Waals surface area contributed by atoms with Gasteiger partial charge in [-0.2, -0.15) is 0 Å². The Hall–Kier alpha value is -1.96. The summed E-state index contributed by atoms with van der Waals surface area (Å²) in [5, 5.41) is 20.9. The molecule has 0 spiro atoms. The second kappa shape index (κ2) is 7.81. The van der Waals surface area contributed by atoms with E-state index < -0.39 is 0 Å². The van der Waals surface area contributed by atoms with Gasteiger partial charge in [0.25, 0.3) is 0 Å². The summed E-state index contributed by atoms with van der Waals surface area (Å²) < 4.78 is 0. The van der Waals surface area contributed by atoms with Crippen molar-refractivity contribution in [2.24, 2.45) is 0 Å². The van der Waals surface area contributed by atoms with Crippen molar-refractivity contribution >= 4 is 0 Å². The van der Waals surface area contributed by atoms with Crippen LogP contribution in [0, 0.1) is 0 Å². The van der Waals surface area contributed by atoms with Crippen molar-refractivity contribution in [2.75, 3.05) is 0 Å². The summed E-state index contributed by atoms with van der Waals surface area (Å²) >= 11 is 0. The van der Waals surface area contributed by atoms with Crippen LogP contribution in [0.4, 0.5) is 0 Å². The number of aromatic hydroxyl groups is 2. The van der Waals surface area contributed by atoms with Crippen LogP contribution in [0.2, 0.25) is 0 Å². The van der Waals surface area contributed by atoms with E-state index >= 15 is 0 Å². The summed E-state index contributed by atoms with van der Waals surface area (Å²) in [7, 11) is 0. The number of hydrogen-bond donors (Lipinski definition) is 2. The van der Waals surface area contributed by atoms with Gasteiger partial charge in [0.1, 0.15) is 11.5 Å². The van der Waals surface area contributed by atoms with Crippen LogP contribution in [-0.2, 0) is 16.2 Å². The number of phenolic OH excluding ortho intramolecular Hbond substituents is 2. The molecule has 2 aromatic carbocycles. The Morgan fingerprint density at radius 1 is 0.679 bits per heavy atom. The molecular formula is C26H38O2. The molecule has 0 aromatic heterocycles. The minimum Gasteiger partial charge on any atom is -0.508 e. The van der Waals surface area contributed by atoms with Crippen molar-refractivity contribution in [3.63, 3.8) is 0 Å². The topological polar surface area (TPSA) is 40.5 Å². The molecule has 0 amide bonds. The summed E-state index contributed by atoms with van der Waals surface area (Å²) in [5.41, 5.74) is 4.04. The van der Waals surface area contributed by atoms with Crippen molar-refractivity contribution < 1.29 is 10.2 Å². The Kier molecular flexibility index (Phi) is 6.23. The van der Waals surface area contributed by atoms with Gasteiger partial charge in [-0.25, -0.2) is 0 Å². The van der Waals surface area contributed by atoms with E-state index in [1.165, 1.54) is 11.1 Å². The molecule has 2 N–H and O–H groups in total. The molecule has 0 aliphatic rings. The third kappa shape index (κ3) is 4.21. The van der Waals surface area contributed by atoms with E-state index in [0.717, 1.165) is 30.4 Å². The molecule has 0 bridgehead atoms. The van der Waals surface area contributed by atoms with E-state index in [4.69, 9.17) is 0 Å². The average Bonchev–Trinajstić information content (AvgIpc) is 2.59. The number of rotatable bonds is 5. The molecule has 0 unspecified atom stereocenters. The van der Waals surface area contributed by atoms with Gasteiger partial charge in [-0.15, -0.1) is 0 Å². The maximum atomic E-state index is 10.5. The van der Waals surface area contributed by atoms with Crippen molar-refractivity contribution in [3.8, 4) is 11.5 Å². The van der Waals surface area contributed by atoms with Crippen LogP contribution in [0.1, 0.15) is 96.9 Å². The van der Waals surface area contributed by atoms with Crippen molar-refractivity contribution in [3.05, 3.63) is 58.7 Å². The number of hydrogen-bond acceptors (Lipinski definition) is 2. The maximum absolute atomic E-state index is 10.5. The fraction of sp³-hybridized carbons (Fsp3) is 0.538. The van der Waals surface area contributed by atoms with Gasteiger partial charge in [0.2, 0.25) is 0 Å². The van der Waals surface area contributed by atoms with E-state index in [0.29, 0.717) is 11.5 Å². The van der Waals surface area contributed by atoms with Gasteiger partial charge in [-0.3, -0.25) is 0 Å². The summed E-state index contributed by atoms with van der Waals surface area (Å²) in [6.07, 6.45) is 3.04. The third-order valence-electron chi connectivity index (χ3n) is 5.99. The highest BCUT2D eigenvalue weighted by atomic mass is 16.3. The lowest BCUT2D eigenvalue weighted by molar-refractivity contribution is 0.426. The van der Waals surface area contributed by atoms with Crippen LogP contribution in [0.25, 0.3) is 0 Å². The monoisotopic (exact) mass is 382 g/mol. The summed E-state index contributed by atoms with van der Waals surface area (Å²) in [6.45, 7) is 17.3. The molecule has 0 heterocycles. The second-order valence-corrected chi connectivity index (χ2v) is 10.1. The van der Waals surface area contributed by atoms with Gasteiger partial charge < -0.3 is 10.2 Å². The zero-order chi connectivity index (χ0) is 21.3. The molecular weight excluding hydrogens is 344 g/mol. The molecule has 0 atom stereocenters. The standard InChI is InChI=1S/C26H38O2/c1-9-15-26(10-2,18-11-13-22(27)20(16-18)24(3,4)5)19-12-14-23(28)21(17-19)25(6,7)8/h11-14,16-17,27-28H,9-10,15H2,1-8H3. The normalized spacial score (nSPS) is 13.0. The largest absolute Gasteiger partial charge is 0.508 e. The Labute approximate surface area is 171 Å². The smallest absolute Gasteiger partial charge is 0.119 e. The first kappa shape index (κ1) is 22.3. The predicted molar refractivity (Wildman–Crippen MR) is 120 cm³/mol. The molecule has 2 heteroatoms. The zero-order valence-electron chi connectivity index (χ0n) is 19.0. The lowest BCUT2D eigenvalue weighted by Crippen LogP contribution is -2.28. The summed E-state index contributed by atoms with van der Waals surface area (Å²) in [5.74, 6) is 0.720. The highest BCUT2D eigenvalue weighted by Crippen LogP contribution is 2.45. The molecule has 0 saturated heterocycles. The van der Waals surface area contributed by atoms with Crippen molar-refractivity contribution in [1.29, 1.82) is 0 Å². The first-order chi connectivity index (χ1) is 12.9. The van der Waals surface area contributed by atoms with Gasteiger partial charge >= 0.3 is 0 Å². The van der Waals surface area contributed by atoms with Gasteiger partial charge in [-0.05, 0) is 58.1 Å². The van der Waals surface area contributed by atoms with E-state index in [1.807, 2.05) is 12.1 Å². The minimum absolute atomic E-state index is 0.128. The van der Waals surface area contributed by atoms with E-state index in [-0.39, 0.29) is 16.2 Å².